The average molecular weight is 461 g/mol. The number of hydrogen-bond donors (Lipinski definition) is 0. The standard InChI is InChI=1S/C23H36O4Si3/c1-28(2,3)26-30(7,27-29(4,5)6)19-11-18-25-22-16-14-21(15-17-22)23(24)20-12-9-8-10-13-20/h8-10,12-17H,11,18-19H2,1-7H3. The summed E-state index contributed by atoms with van der Waals surface area (Å²) < 4.78 is 19.0. The lowest BCUT2D eigenvalue weighted by Crippen LogP contribution is -2.52. The highest BCUT2D eigenvalue weighted by Gasteiger charge is 2.39. The molecule has 0 fully saturated rings. The lowest BCUT2D eigenvalue weighted by atomic mass is 10.0. The van der Waals surface area contributed by atoms with Crippen molar-refractivity contribution in [3.8, 4) is 5.75 Å². The zero-order valence-corrected chi connectivity index (χ0v) is 22.5. The summed E-state index contributed by atoms with van der Waals surface area (Å²) in [6, 6.07) is 17.6. The summed E-state index contributed by atoms with van der Waals surface area (Å²) in [5.74, 6) is 0.802. The summed E-state index contributed by atoms with van der Waals surface area (Å²) in [5.41, 5.74) is 1.36. The van der Waals surface area contributed by atoms with E-state index in [1.807, 2.05) is 54.6 Å². The maximum atomic E-state index is 12.5. The summed E-state index contributed by atoms with van der Waals surface area (Å²) in [7, 11) is -5.57. The Balaban J connectivity index is 1.90. The van der Waals surface area contributed by atoms with Crippen molar-refractivity contribution in [2.75, 3.05) is 6.61 Å². The van der Waals surface area contributed by atoms with Crippen LogP contribution in [0.5, 0.6) is 5.75 Å². The molecule has 7 heteroatoms. The number of ketones is 1. The van der Waals surface area contributed by atoms with Gasteiger partial charge in [-0.05, 0) is 82.6 Å². The Morgan fingerprint density at radius 3 is 1.73 bits per heavy atom. The van der Waals surface area contributed by atoms with Crippen LogP contribution in [-0.4, -0.2) is 37.6 Å². The van der Waals surface area contributed by atoms with Crippen LogP contribution in [0.25, 0.3) is 0 Å². The largest absolute Gasteiger partial charge is 0.494 e. The van der Waals surface area contributed by atoms with E-state index in [2.05, 4.69) is 45.8 Å². The summed E-state index contributed by atoms with van der Waals surface area (Å²) >= 11 is 0. The molecule has 164 valence electrons. The highest BCUT2D eigenvalue weighted by molar-refractivity contribution is 6.87. The van der Waals surface area contributed by atoms with Gasteiger partial charge in [0.25, 0.3) is 0 Å². The lowest BCUT2D eigenvalue weighted by Gasteiger charge is -2.38. The van der Waals surface area contributed by atoms with E-state index < -0.39 is 25.2 Å². The molecular formula is C23H36O4Si3. The third-order valence-electron chi connectivity index (χ3n) is 4.24. The van der Waals surface area contributed by atoms with Gasteiger partial charge in [0.2, 0.25) is 0 Å². The van der Waals surface area contributed by atoms with Gasteiger partial charge in [0.05, 0.1) is 6.61 Å². The van der Waals surface area contributed by atoms with Crippen molar-refractivity contribution >= 4 is 31.0 Å². The van der Waals surface area contributed by atoms with Crippen LogP contribution < -0.4 is 4.74 Å². The van der Waals surface area contributed by atoms with Gasteiger partial charge in [-0.1, -0.05) is 30.3 Å². The topological polar surface area (TPSA) is 44.8 Å². The van der Waals surface area contributed by atoms with Crippen molar-refractivity contribution in [1.29, 1.82) is 0 Å². The van der Waals surface area contributed by atoms with Crippen molar-refractivity contribution in [2.24, 2.45) is 0 Å². The minimum atomic E-state index is -2.22. The first-order valence-electron chi connectivity index (χ1n) is 10.6. The molecule has 0 unspecified atom stereocenters. The molecule has 2 aromatic rings. The Morgan fingerprint density at radius 1 is 0.733 bits per heavy atom. The Hall–Kier alpha value is -1.52. The van der Waals surface area contributed by atoms with Crippen LogP contribution in [0, 0.1) is 0 Å². The van der Waals surface area contributed by atoms with Gasteiger partial charge < -0.3 is 13.0 Å². The van der Waals surface area contributed by atoms with E-state index >= 15 is 0 Å². The highest BCUT2D eigenvalue weighted by Crippen LogP contribution is 2.25. The highest BCUT2D eigenvalue weighted by atomic mass is 28.5. The zero-order valence-electron chi connectivity index (χ0n) is 19.5. The molecule has 0 aliphatic heterocycles. The summed E-state index contributed by atoms with van der Waals surface area (Å²) in [5, 5.41) is 0. The second kappa shape index (κ2) is 10.2. The predicted octanol–water partition coefficient (Wildman–Crippen LogP) is 6.46. The van der Waals surface area contributed by atoms with Gasteiger partial charge in [0.1, 0.15) is 5.75 Å². The Kier molecular flexibility index (Phi) is 8.41. The Labute approximate surface area is 185 Å². The van der Waals surface area contributed by atoms with Crippen LogP contribution in [0.3, 0.4) is 0 Å². The number of rotatable bonds is 11. The van der Waals surface area contributed by atoms with Crippen molar-refractivity contribution in [3.63, 3.8) is 0 Å². The molecule has 0 heterocycles. The Bertz CT molecular complexity index is 793. The number of benzene rings is 2. The summed E-state index contributed by atoms with van der Waals surface area (Å²) in [6.07, 6.45) is 0.891. The van der Waals surface area contributed by atoms with Crippen LogP contribution in [-0.2, 0) is 8.23 Å². The smallest absolute Gasteiger partial charge is 0.314 e. The van der Waals surface area contributed by atoms with Gasteiger partial charge in [-0.15, -0.1) is 0 Å². The molecule has 0 radical (unpaired) electrons. The van der Waals surface area contributed by atoms with Gasteiger partial charge in [-0.2, -0.15) is 0 Å². The molecule has 0 spiro atoms. The van der Waals surface area contributed by atoms with Crippen LogP contribution in [0.1, 0.15) is 22.3 Å². The molecule has 30 heavy (non-hydrogen) atoms. The number of carbonyl (C=O) groups excluding carboxylic acids is 1. The third-order valence-corrected chi connectivity index (χ3v) is 13.9. The van der Waals surface area contributed by atoms with Gasteiger partial charge in [-0.3, -0.25) is 4.79 Å². The van der Waals surface area contributed by atoms with Gasteiger partial charge in [-0.25, -0.2) is 0 Å². The van der Waals surface area contributed by atoms with E-state index in [9.17, 15) is 4.79 Å². The van der Waals surface area contributed by atoms with E-state index in [0.29, 0.717) is 17.7 Å². The van der Waals surface area contributed by atoms with Crippen molar-refractivity contribution < 1.29 is 17.8 Å². The van der Waals surface area contributed by atoms with Crippen molar-refractivity contribution in [3.05, 3.63) is 65.7 Å². The molecule has 2 rings (SSSR count). The lowest BCUT2D eigenvalue weighted by molar-refractivity contribution is 0.103. The second-order valence-corrected chi connectivity index (χ2v) is 22.6. The van der Waals surface area contributed by atoms with E-state index in [0.717, 1.165) is 18.2 Å². The number of hydrogen-bond acceptors (Lipinski definition) is 4. The first-order chi connectivity index (χ1) is 13.9. The minimum absolute atomic E-state index is 0.0240. The molecule has 0 aromatic heterocycles. The van der Waals surface area contributed by atoms with Crippen LogP contribution in [0.4, 0.5) is 0 Å². The normalized spacial score (nSPS) is 12.6. The van der Waals surface area contributed by atoms with Gasteiger partial charge in [0.15, 0.2) is 22.4 Å². The SMILES string of the molecule is C[Si](C)(C)O[Si](C)(CCCOc1ccc(C(=O)c2ccccc2)cc1)O[Si](C)(C)C. The fraction of sp³-hybridized carbons (Fsp3) is 0.435. The van der Waals surface area contributed by atoms with Crippen LogP contribution >= 0.6 is 0 Å². The molecule has 0 aliphatic rings. The molecule has 0 N–H and O–H groups in total. The van der Waals surface area contributed by atoms with Crippen molar-refractivity contribution in [1.82, 2.24) is 0 Å². The zero-order chi connectivity index (χ0) is 22.4. The third kappa shape index (κ3) is 8.69. The van der Waals surface area contributed by atoms with Crippen LogP contribution in [0.15, 0.2) is 54.6 Å². The number of carbonyl (C=O) groups is 1. The molecule has 2 aromatic carbocycles. The van der Waals surface area contributed by atoms with E-state index in [-0.39, 0.29) is 5.78 Å². The van der Waals surface area contributed by atoms with E-state index in [1.54, 1.807) is 0 Å². The first kappa shape index (κ1) is 24.7. The molecule has 0 saturated carbocycles. The fourth-order valence-electron chi connectivity index (χ4n) is 3.46. The molecule has 0 amide bonds. The van der Waals surface area contributed by atoms with Crippen LogP contribution in [0.2, 0.25) is 51.9 Å². The van der Waals surface area contributed by atoms with Crippen molar-refractivity contribution in [2.45, 2.75) is 58.3 Å². The van der Waals surface area contributed by atoms with E-state index in [1.165, 1.54) is 0 Å². The summed E-state index contributed by atoms with van der Waals surface area (Å²) in [4.78, 5) is 12.5. The predicted molar refractivity (Wildman–Crippen MR) is 132 cm³/mol. The quantitative estimate of drug-likeness (QED) is 0.219. The van der Waals surface area contributed by atoms with E-state index in [4.69, 9.17) is 13.0 Å². The fourth-order valence-corrected chi connectivity index (χ4v) is 16.0. The molecule has 0 saturated heterocycles. The average Bonchev–Trinajstić information content (AvgIpc) is 2.63. The minimum Gasteiger partial charge on any atom is -0.494 e. The molecule has 4 nitrogen and oxygen atoms in total. The number of ether oxygens (including phenoxy) is 1. The molecule has 0 bridgehead atoms. The monoisotopic (exact) mass is 460 g/mol. The Morgan fingerprint density at radius 2 is 1.23 bits per heavy atom. The molecule has 0 aliphatic carbocycles. The molecule has 0 atom stereocenters. The second-order valence-electron chi connectivity index (χ2n) is 9.73. The molecular weight excluding hydrogens is 425 g/mol. The first-order valence-corrected chi connectivity index (χ1v) is 19.9. The maximum Gasteiger partial charge on any atom is 0.314 e. The maximum absolute atomic E-state index is 12.5. The van der Waals surface area contributed by atoms with Gasteiger partial charge >= 0.3 is 8.56 Å². The summed E-state index contributed by atoms with van der Waals surface area (Å²) in [6.45, 7) is 16.1. The van der Waals surface area contributed by atoms with Gasteiger partial charge in [0, 0.05) is 11.1 Å².